The van der Waals surface area contributed by atoms with Crippen LogP contribution in [0.15, 0.2) is 42.6 Å². The molecule has 1 aromatic heterocycles. The number of hydrogen-bond donors (Lipinski definition) is 3. The van der Waals surface area contributed by atoms with Gasteiger partial charge in [0.05, 0.1) is 7.11 Å². The zero-order valence-electron chi connectivity index (χ0n) is 13.0. The second-order valence-corrected chi connectivity index (χ2v) is 5.43. The molecule has 2 heterocycles. The quantitative estimate of drug-likeness (QED) is 0.736. The van der Waals surface area contributed by atoms with Gasteiger partial charge in [-0.3, -0.25) is 0 Å². The van der Waals surface area contributed by atoms with Crippen molar-refractivity contribution in [1.29, 1.82) is 0 Å². The maximum atomic E-state index is 11.8. The van der Waals surface area contributed by atoms with Crippen LogP contribution in [0.4, 0.5) is 17.2 Å². The van der Waals surface area contributed by atoms with E-state index in [0.29, 0.717) is 17.4 Å². The zero-order chi connectivity index (χ0) is 16.1. The summed E-state index contributed by atoms with van der Waals surface area (Å²) in [5.41, 5.74) is 2.36. The van der Waals surface area contributed by atoms with Gasteiger partial charge >= 0.3 is 5.97 Å². The van der Waals surface area contributed by atoms with Crippen molar-refractivity contribution in [3.63, 3.8) is 0 Å². The molecule has 1 aliphatic rings. The number of pyridine rings is 1. The molecule has 0 radical (unpaired) electrons. The lowest BCUT2D eigenvalue weighted by Gasteiger charge is -2.14. The summed E-state index contributed by atoms with van der Waals surface area (Å²) in [5.74, 6) is 0.0765. The van der Waals surface area contributed by atoms with E-state index >= 15 is 0 Å². The van der Waals surface area contributed by atoms with Gasteiger partial charge in [0.25, 0.3) is 0 Å². The Hall–Kier alpha value is -2.60. The zero-order valence-corrected chi connectivity index (χ0v) is 13.0. The van der Waals surface area contributed by atoms with E-state index in [1.807, 2.05) is 24.3 Å². The van der Waals surface area contributed by atoms with Gasteiger partial charge in [0.2, 0.25) is 0 Å². The van der Waals surface area contributed by atoms with Crippen molar-refractivity contribution in [2.75, 3.05) is 30.8 Å². The molecule has 1 unspecified atom stereocenters. The molecule has 0 aliphatic carbocycles. The van der Waals surface area contributed by atoms with Gasteiger partial charge in [-0.25, -0.2) is 9.78 Å². The molecule has 1 atom stereocenters. The number of benzene rings is 1. The normalized spacial score (nSPS) is 16.8. The molecular weight excluding hydrogens is 292 g/mol. The summed E-state index contributed by atoms with van der Waals surface area (Å²) in [5, 5.41) is 9.98. The van der Waals surface area contributed by atoms with E-state index in [2.05, 4.69) is 20.9 Å². The molecule has 1 aromatic carbocycles. The summed E-state index contributed by atoms with van der Waals surface area (Å²) < 4.78 is 4.77. The summed E-state index contributed by atoms with van der Waals surface area (Å²) in [6.07, 6.45) is 2.77. The molecule has 2 aromatic rings. The standard InChI is InChI=1S/C17H20N4O2/c1-23-17(22)15-3-2-9-19-16(15)21-13-6-4-12(5-7-13)20-14-8-10-18-11-14/h2-7,9,14,18,20H,8,10-11H2,1H3,(H,19,21). The van der Waals surface area contributed by atoms with Gasteiger partial charge in [0.15, 0.2) is 0 Å². The lowest BCUT2D eigenvalue weighted by Crippen LogP contribution is -2.21. The van der Waals surface area contributed by atoms with E-state index in [1.54, 1.807) is 18.3 Å². The monoisotopic (exact) mass is 312 g/mol. The molecule has 0 amide bonds. The van der Waals surface area contributed by atoms with Gasteiger partial charge in [0, 0.05) is 30.2 Å². The Balaban J connectivity index is 1.70. The lowest BCUT2D eigenvalue weighted by atomic mass is 10.2. The Morgan fingerprint density at radius 3 is 2.74 bits per heavy atom. The van der Waals surface area contributed by atoms with Crippen molar-refractivity contribution < 1.29 is 9.53 Å². The fourth-order valence-corrected chi connectivity index (χ4v) is 2.58. The maximum absolute atomic E-state index is 11.8. The number of methoxy groups -OCH3 is 1. The molecular formula is C17H20N4O2. The molecule has 3 N–H and O–H groups in total. The van der Waals surface area contributed by atoms with Crippen LogP contribution in [-0.2, 0) is 4.74 Å². The number of esters is 1. The number of nitrogens with one attached hydrogen (secondary N) is 3. The lowest BCUT2D eigenvalue weighted by molar-refractivity contribution is 0.0601. The summed E-state index contributed by atoms with van der Waals surface area (Å²) in [6.45, 7) is 2.06. The number of carbonyl (C=O) groups is 1. The van der Waals surface area contributed by atoms with Gasteiger partial charge in [-0.1, -0.05) is 0 Å². The highest BCUT2D eigenvalue weighted by Crippen LogP contribution is 2.21. The number of nitrogens with zero attached hydrogens (tertiary/aromatic N) is 1. The van der Waals surface area contributed by atoms with Crippen LogP contribution in [0.25, 0.3) is 0 Å². The van der Waals surface area contributed by atoms with Crippen LogP contribution in [0.5, 0.6) is 0 Å². The maximum Gasteiger partial charge on any atom is 0.341 e. The van der Waals surface area contributed by atoms with E-state index in [9.17, 15) is 4.79 Å². The van der Waals surface area contributed by atoms with Crippen molar-refractivity contribution >= 4 is 23.2 Å². The third-order valence-corrected chi connectivity index (χ3v) is 3.79. The van der Waals surface area contributed by atoms with Crippen molar-refractivity contribution in [1.82, 2.24) is 10.3 Å². The van der Waals surface area contributed by atoms with E-state index < -0.39 is 5.97 Å². The first-order valence-electron chi connectivity index (χ1n) is 7.64. The van der Waals surface area contributed by atoms with Crippen LogP contribution >= 0.6 is 0 Å². The molecule has 1 aliphatic heterocycles. The highest BCUT2D eigenvalue weighted by atomic mass is 16.5. The third-order valence-electron chi connectivity index (χ3n) is 3.79. The SMILES string of the molecule is COC(=O)c1cccnc1Nc1ccc(NC2CCNC2)cc1. The average Bonchev–Trinajstić information content (AvgIpc) is 3.09. The first-order valence-corrected chi connectivity index (χ1v) is 7.64. The number of rotatable bonds is 5. The molecule has 0 spiro atoms. The number of aromatic nitrogens is 1. The van der Waals surface area contributed by atoms with E-state index in [-0.39, 0.29) is 0 Å². The van der Waals surface area contributed by atoms with Crippen molar-refractivity contribution in [2.24, 2.45) is 0 Å². The van der Waals surface area contributed by atoms with Crippen LogP contribution in [0, 0.1) is 0 Å². The van der Waals surface area contributed by atoms with Gasteiger partial charge in [-0.15, -0.1) is 0 Å². The van der Waals surface area contributed by atoms with Crippen molar-refractivity contribution in [3.05, 3.63) is 48.2 Å². The Morgan fingerprint density at radius 2 is 2.04 bits per heavy atom. The Morgan fingerprint density at radius 1 is 1.26 bits per heavy atom. The second-order valence-electron chi connectivity index (χ2n) is 5.43. The van der Waals surface area contributed by atoms with Gasteiger partial charge in [0.1, 0.15) is 11.4 Å². The van der Waals surface area contributed by atoms with Gasteiger partial charge in [-0.2, -0.15) is 0 Å². The molecule has 120 valence electrons. The molecule has 1 saturated heterocycles. The molecule has 1 fully saturated rings. The van der Waals surface area contributed by atoms with Gasteiger partial charge in [-0.05, 0) is 49.4 Å². The minimum atomic E-state index is -0.410. The second kappa shape index (κ2) is 7.11. The Bertz CT molecular complexity index is 667. The largest absolute Gasteiger partial charge is 0.465 e. The number of carbonyl (C=O) groups excluding carboxylic acids is 1. The predicted molar refractivity (Wildman–Crippen MR) is 90.2 cm³/mol. The summed E-state index contributed by atoms with van der Waals surface area (Å²) in [4.78, 5) is 16.0. The molecule has 0 bridgehead atoms. The van der Waals surface area contributed by atoms with Crippen LogP contribution in [0.2, 0.25) is 0 Å². The molecule has 3 rings (SSSR count). The first-order chi connectivity index (χ1) is 11.3. The topological polar surface area (TPSA) is 75.3 Å². The Labute approximate surface area is 135 Å². The minimum absolute atomic E-state index is 0.410. The Kier molecular flexibility index (Phi) is 4.73. The average molecular weight is 312 g/mol. The fourth-order valence-electron chi connectivity index (χ4n) is 2.58. The number of anilines is 3. The summed E-state index contributed by atoms with van der Waals surface area (Å²) in [6, 6.07) is 11.8. The third kappa shape index (κ3) is 3.78. The summed E-state index contributed by atoms with van der Waals surface area (Å²) in [7, 11) is 1.36. The number of hydrogen-bond acceptors (Lipinski definition) is 6. The summed E-state index contributed by atoms with van der Waals surface area (Å²) >= 11 is 0. The predicted octanol–water partition coefficient (Wildman–Crippen LogP) is 2.39. The minimum Gasteiger partial charge on any atom is -0.465 e. The van der Waals surface area contributed by atoms with Crippen molar-refractivity contribution in [3.8, 4) is 0 Å². The van der Waals surface area contributed by atoms with Crippen molar-refractivity contribution in [2.45, 2.75) is 12.5 Å². The molecule has 6 heteroatoms. The van der Waals surface area contributed by atoms with E-state index in [1.165, 1.54) is 7.11 Å². The molecule has 6 nitrogen and oxygen atoms in total. The molecule has 23 heavy (non-hydrogen) atoms. The van der Waals surface area contributed by atoms with Crippen LogP contribution < -0.4 is 16.0 Å². The van der Waals surface area contributed by atoms with E-state index in [4.69, 9.17) is 4.74 Å². The number of ether oxygens (including phenoxy) is 1. The van der Waals surface area contributed by atoms with E-state index in [0.717, 1.165) is 30.9 Å². The first kappa shape index (κ1) is 15.3. The van der Waals surface area contributed by atoms with Crippen LogP contribution in [0.3, 0.4) is 0 Å². The highest BCUT2D eigenvalue weighted by molar-refractivity contribution is 5.95. The van der Waals surface area contributed by atoms with Gasteiger partial charge < -0.3 is 20.7 Å². The highest BCUT2D eigenvalue weighted by Gasteiger charge is 2.14. The fraction of sp³-hybridized carbons (Fsp3) is 0.294. The molecule has 0 saturated carbocycles. The van der Waals surface area contributed by atoms with Crippen LogP contribution in [0.1, 0.15) is 16.8 Å². The van der Waals surface area contributed by atoms with Crippen LogP contribution in [-0.4, -0.2) is 37.2 Å². The smallest absolute Gasteiger partial charge is 0.341 e.